The molecule has 0 spiro atoms. The number of rotatable bonds is 3. The minimum absolute atomic E-state index is 0.185. The van der Waals surface area contributed by atoms with E-state index in [2.05, 4.69) is 4.90 Å². The first-order valence-corrected chi connectivity index (χ1v) is 5.22. The van der Waals surface area contributed by atoms with Crippen molar-refractivity contribution in [2.24, 2.45) is 7.05 Å². The average Bonchev–Trinajstić information content (AvgIpc) is 2.66. The van der Waals surface area contributed by atoms with Crippen molar-refractivity contribution < 1.29 is 9.53 Å². The van der Waals surface area contributed by atoms with Crippen molar-refractivity contribution in [3.05, 3.63) is 24.0 Å². The number of ether oxygens (including phenoxy) is 1. The molecule has 0 aliphatic carbocycles. The monoisotopic (exact) mass is 208 g/mol. The predicted octanol–water partition coefficient (Wildman–Crippen LogP) is 0.540. The SMILES string of the molecule is Cn1cccc1C(=O)CN1CCOCC1. The summed E-state index contributed by atoms with van der Waals surface area (Å²) in [6, 6.07) is 3.76. The summed E-state index contributed by atoms with van der Waals surface area (Å²) < 4.78 is 7.10. The number of aryl methyl sites for hydroxylation is 1. The van der Waals surface area contributed by atoms with Gasteiger partial charge in [0.2, 0.25) is 0 Å². The Morgan fingerprint density at radius 2 is 2.20 bits per heavy atom. The summed E-state index contributed by atoms with van der Waals surface area (Å²) in [5.74, 6) is 0.185. The van der Waals surface area contributed by atoms with E-state index in [-0.39, 0.29) is 5.78 Å². The van der Waals surface area contributed by atoms with Crippen molar-refractivity contribution in [3.8, 4) is 0 Å². The van der Waals surface area contributed by atoms with Gasteiger partial charge in [-0.1, -0.05) is 0 Å². The van der Waals surface area contributed by atoms with Crippen LogP contribution in [0.1, 0.15) is 10.5 Å². The minimum Gasteiger partial charge on any atom is -0.379 e. The zero-order valence-electron chi connectivity index (χ0n) is 8.98. The third kappa shape index (κ3) is 2.46. The van der Waals surface area contributed by atoms with Gasteiger partial charge in [-0.3, -0.25) is 9.69 Å². The Bertz CT molecular complexity index is 340. The first-order valence-electron chi connectivity index (χ1n) is 5.22. The number of nitrogens with zero attached hydrogens (tertiary/aromatic N) is 2. The second kappa shape index (κ2) is 4.59. The molecule has 1 saturated heterocycles. The van der Waals surface area contributed by atoms with E-state index in [1.807, 2.05) is 29.9 Å². The van der Waals surface area contributed by atoms with Crippen LogP contribution in [-0.2, 0) is 11.8 Å². The Balaban J connectivity index is 1.94. The number of hydrogen-bond acceptors (Lipinski definition) is 3. The molecule has 4 nitrogen and oxygen atoms in total. The molecular formula is C11H16N2O2. The second-order valence-corrected chi connectivity index (χ2v) is 3.82. The summed E-state index contributed by atoms with van der Waals surface area (Å²) >= 11 is 0. The molecule has 0 N–H and O–H groups in total. The molecule has 1 aliphatic heterocycles. The molecule has 15 heavy (non-hydrogen) atoms. The van der Waals surface area contributed by atoms with Gasteiger partial charge in [-0.2, -0.15) is 0 Å². The van der Waals surface area contributed by atoms with Crippen LogP contribution in [0.15, 0.2) is 18.3 Å². The molecule has 2 rings (SSSR count). The molecular weight excluding hydrogens is 192 g/mol. The lowest BCUT2D eigenvalue weighted by molar-refractivity contribution is 0.0369. The fourth-order valence-electron chi connectivity index (χ4n) is 1.79. The van der Waals surface area contributed by atoms with Crippen LogP contribution < -0.4 is 0 Å². The van der Waals surface area contributed by atoms with Crippen LogP contribution >= 0.6 is 0 Å². The Morgan fingerprint density at radius 3 is 2.80 bits per heavy atom. The maximum absolute atomic E-state index is 11.9. The topological polar surface area (TPSA) is 34.5 Å². The van der Waals surface area contributed by atoms with Gasteiger partial charge in [0, 0.05) is 26.3 Å². The molecule has 1 fully saturated rings. The number of carbonyl (C=O) groups is 1. The molecule has 1 aromatic heterocycles. The third-order valence-corrected chi connectivity index (χ3v) is 2.70. The highest BCUT2D eigenvalue weighted by Gasteiger charge is 2.16. The van der Waals surface area contributed by atoms with E-state index in [0.717, 1.165) is 32.0 Å². The lowest BCUT2D eigenvalue weighted by Gasteiger charge is -2.25. The van der Waals surface area contributed by atoms with Gasteiger partial charge < -0.3 is 9.30 Å². The molecule has 0 saturated carbocycles. The maximum Gasteiger partial charge on any atom is 0.193 e. The largest absolute Gasteiger partial charge is 0.379 e. The third-order valence-electron chi connectivity index (χ3n) is 2.70. The molecule has 0 bridgehead atoms. The highest BCUT2D eigenvalue weighted by atomic mass is 16.5. The molecule has 2 heterocycles. The first kappa shape index (κ1) is 10.4. The number of morpholine rings is 1. The number of hydrogen-bond donors (Lipinski definition) is 0. The van der Waals surface area contributed by atoms with Crippen LogP contribution in [0.4, 0.5) is 0 Å². The summed E-state index contributed by atoms with van der Waals surface area (Å²) in [6.07, 6.45) is 1.90. The van der Waals surface area contributed by atoms with Crippen LogP contribution in [0.3, 0.4) is 0 Å². The minimum atomic E-state index is 0.185. The highest BCUT2D eigenvalue weighted by molar-refractivity contribution is 5.96. The molecule has 0 amide bonds. The van der Waals surface area contributed by atoms with Crippen molar-refractivity contribution in [1.29, 1.82) is 0 Å². The van der Waals surface area contributed by atoms with Gasteiger partial charge in [0.15, 0.2) is 5.78 Å². The summed E-state index contributed by atoms with van der Waals surface area (Å²) in [4.78, 5) is 14.0. The summed E-state index contributed by atoms with van der Waals surface area (Å²) in [7, 11) is 1.90. The average molecular weight is 208 g/mol. The van der Waals surface area contributed by atoms with Crippen LogP contribution in [0.5, 0.6) is 0 Å². The van der Waals surface area contributed by atoms with Crippen LogP contribution in [0, 0.1) is 0 Å². The van der Waals surface area contributed by atoms with E-state index >= 15 is 0 Å². The number of ketones is 1. The number of carbonyl (C=O) groups excluding carboxylic acids is 1. The lowest BCUT2D eigenvalue weighted by atomic mass is 10.2. The molecule has 1 aromatic rings. The lowest BCUT2D eigenvalue weighted by Crippen LogP contribution is -2.39. The van der Waals surface area contributed by atoms with Crippen molar-refractivity contribution in [1.82, 2.24) is 9.47 Å². The molecule has 4 heteroatoms. The normalized spacial score (nSPS) is 17.9. The van der Waals surface area contributed by atoms with Crippen LogP contribution in [-0.4, -0.2) is 48.1 Å². The second-order valence-electron chi connectivity index (χ2n) is 3.82. The number of aromatic nitrogens is 1. The van der Waals surface area contributed by atoms with Gasteiger partial charge in [0.1, 0.15) is 0 Å². The zero-order chi connectivity index (χ0) is 10.7. The van der Waals surface area contributed by atoms with Crippen molar-refractivity contribution in [2.75, 3.05) is 32.8 Å². The van der Waals surface area contributed by atoms with Gasteiger partial charge in [0.25, 0.3) is 0 Å². The Hall–Kier alpha value is -1.13. The predicted molar refractivity (Wildman–Crippen MR) is 57.0 cm³/mol. The van der Waals surface area contributed by atoms with Gasteiger partial charge in [-0.05, 0) is 12.1 Å². The zero-order valence-corrected chi connectivity index (χ0v) is 8.98. The van der Waals surface area contributed by atoms with Crippen molar-refractivity contribution >= 4 is 5.78 Å². The Morgan fingerprint density at radius 1 is 1.47 bits per heavy atom. The molecule has 0 aromatic carbocycles. The highest BCUT2D eigenvalue weighted by Crippen LogP contribution is 2.04. The van der Waals surface area contributed by atoms with Crippen molar-refractivity contribution in [2.45, 2.75) is 0 Å². The fourth-order valence-corrected chi connectivity index (χ4v) is 1.79. The van der Waals surface area contributed by atoms with E-state index in [1.165, 1.54) is 0 Å². The summed E-state index contributed by atoms with van der Waals surface area (Å²) in [5, 5.41) is 0. The van der Waals surface area contributed by atoms with Crippen LogP contribution in [0.2, 0.25) is 0 Å². The van der Waals surface area contributed by atoms with E-state index in [1.54, 1.807) is 0 Å². The fraction of sp³-hybridized carbons (Fsp3) is 0.545. The smallest absolute Gasteiger partial charge is 0.193 e. The molecule has 82 valence electrons. The van der Waals surface area contributed by atoms with Gasteiger partial charge >= 0.3 is 0 Å². The van der Waals surface area contributed by atoms with Crippen molar-refractivity contribution in [3.63, 3.8) is 0 Å². The van der Waals surface area contributed by atoms with Gasteiger partial charge in [-0.25, -0.2) is 0 Å². The van der Waals surface area contributed by atoms with E-state index in [0.29, 0.717) is 6.54 Å². The molecule has 0 radical (unpaired) electrons. The number of Topliss-reactive ketones (excluding diaryl/α,β-unsaturated/α-hetero) is 1. The molecule has 0 unspecified atom stereocenters. The van der Waals surface area contributed by atoms with E-state index in [9.17, 15) is 4.79 Å². The van der Waals surface area contributed by atoms with E-state index in [4.69, 9.17) is 4.74 Å². The van der Waals surface area contributed by atoms with E-state index < -0.39 is 0 Å². The molecule has 1 aliphatic rings. The van der Waals surface area contributed by atoms with Gasteiger partial charge in [-0.15, -0.1) is 0 Å². The first-order chi connectivity index (χ1) is 7.27. The van der Waals surface area contributed by atoms with Crippen LogP contribution in [0.25, 0.3) is 0 Å². The quantitative estimate of drug-likeness (QED) is 0.680. The standard InChI is InChI=1S/C11H16N2O2/c1-12-4-2-3-10(12)11(14)9-13-5-7-15-8-6-13/h2-4H,5-9H2,1H3. The molecule has 0 atom stereocenters. The van der Waals surface area contributed by atoms with Gasteiger partial charge in [0.05, 0.1) is 25.5 Å². The summed E-state index contributed by atoms with van der Waals surface area (Å²) in [5.41, 5.74) is 0.779. The Kier molecular flexibility index (Phi) is 3.18. The Labute approximate surface area is 89.4 Å². The maximum atomic E-state index is 11.9. The summed E-state index contributed by atoms with van der Waals surface area (Å²) in [6.45, 7) is 3.69.